The molecule has 1 aromatic carbocycles. The van der Waals surface area contributed by atoms with Crippen LogP contribution in [0, 0.1) is 23.0 Å². The number of allylic oxidation sites excluding steroid dienone is 2. The van der Waals surface area contributed by atoms with Crippen LogP contribution in [-0.4, -0.2) is 16.5 Å². The van der Waals surface area contributed by atoms with E-state index in [1.54, 1.807) is 24.3 Å². The summed E-state index contributed by atoms with van der Waals surface area (Å²) in [6.45, 7) is 7.17. The van der Waals surface area contributed by atoms with E-state index in [-0.39, 0.29) is 23.7 Å². The van der Waals surface area contributed by atoms with Gasteiger partial charge in [0, 0.05) is 24.1 Å². The number of carbonyl (C=O) groups excluding carboxylic acids is 2. The zero-order valence-electron chi connectivity index (χ0n) is 14.9. The van der Waals surface area contributed by atoms with Gasteiger partial charge in [-0.05, 0) is 42.5 Å². The quantitative estimate of drug-likeness (QED) is 0.413. The molecule has 3 rings (SSSR count). The van der Waals surface area contributed by atoms with E-state index in [2.05, 4.69) is 6.58 Å². The van der Waals surface area contributed by atoms with Crippen LogP contribution in [0.25, 0.3) is 17.4 Å². The van der Waals surface area contributed by atoms with Gasteiger partial charge in [-0.1, -0.05) is 24.4 Å². The van der Waals surface area contributed by atoms with Gasteiger partial charge in [0.2, 0.25) is 0 Å². The van der Waals surface area contributed by atoms with Crippen LogP contribution in [0.3, 0.4) is 0 Å². The molecule has 0 radical (unpaired) electrons. The number of benzene rings is 1. The maximum atomic E-state index is 12.5. The van der Waals surface area contributed by atoms with Crippen molar-refractivity contribution < 1.29 is 18.9 Å². The maximum absolute atomic E-state index is 12.5. The molecule has 1 aromatic heterocycles. The molecule has 2 heterocycles. The number of thioether (sulfide) groups is 1. The van der Waals surface area contributed by atoms with E-state index in [1.165, 1.54) is 30.8 Å². The molecule has 0 amide bonds. The number of rotatable bonds is 5. The molecule has 0 saturated carbocycles. The molecule has 138 valence electrons. The largest absolute Gasteiger partial charge is 0.457 e. The number of carbonyl (C=O) groups is 2. The van der Waals surface area contributed by atoms with Crippen LogP contribution < -0.4 is 0 Å². The van der Waals surface area contributed by atoms with Gasteiger partial charge < -0.3 is 4.42 Å². The molecule has 6 nitrogen and oxygen atoms in total. The summed E-state index contributed by atoms with van der Waals surface area (Å²) < 4.78 is 5.79. The number of aryl methyl sites for hydroxylation is 1. The highest BCUT2D eigenvalue weighted by Gasteiger charge is 2.34. The zero-order chi connectivity index (χ0) is 19.7. The second-order valence-corrected chi connectivity index (χ2v) is 7.53. The number of non-ortho nitro benzene ring substituents is 1. The van der Waals surface area contributed by atoms with Crippen molar-refractivity contribution in [1.29, 1.82) is 0 Å². The number of nitro groups is 1. The summed E-state index contributed by atoms with van der Waals surface area (Å²) in [6.07, 6.45) is 1.77. The molecule has 27 heavy (non-hydrogen) atoms. The normalized spacial score (nSPS) is 18.3. The summed E-state index contributed by atoms with van der Waals surface area (Å²) in [6, 6.07) is 7.99. The smallest absolute Gasteiger partial charge is 0.270 e. The Bertz CT molecular complexity index is 1000. The number of furan rings is 1. The number of hydrogen-bond donors (Lipinski definition) is 0. The van der Waals surface area contributed by atoms with Gasteiger partial charge in [-0.2, -0.15) is 0 Å². The Kier molecular flexibility index (Phi) is 5.14. The molecular formula is C20H17NO5S. The maximum Gasteiger partial charge on any atom is 0.270 e. The second-order valence-electron chi connectivity index (χ2n) is 6.36. The predicted molar refractivity (Wildman–Crippen MR) is 104 cm³/mol. The highest BCUT2D eigenvalue weighted by molar-refractivity contribution is 8.08. The third kappa shape index (κ3) is 3.93. The van der Waals surface area contributed by atoms with Crippen molar-refractivity contribution in [3.8, 4) is 11.3 Å². The molecule has 1 fully saturated rings. The summed E-state index contributed by atoms with van der Waals surface area (Å²) in [7, 11) is 0. The van der Waals surface area contributed by atoms with Crippen LogP contribution in [0.2, 0.25) is 0 Å². The van der Waals surface area contributed by atoms with Crippen molar-refractivity contribution in [1.82, 2.24) is 0 Å². The summed E-state index contributed by atoms with van der Waals surface area (Å²) in [5, 5.41) is 11.0. The van der Waals surface area contributed by atoms with Gasteiger partial charge in [-0.3, -0.25) is 19.7 Å². The lowest BCUT2D eigenvalue weighted by Gasteiger charge is -2.03. The molecule has 7 heteroatoms. The topological polar surface area (TPSA) is 90.4 Å². The molecule has 0 aliphatic carbocycles. The standard InChI is InChI=1S/C20H17NO5S/c1-11-4-5-14(21(24)25)9-16(11)18-7-6-15(26-18)10-19-20(23)17(8-12(2)22)13(3)27-19/h4-7,9-10,17H,3,8H2,1-2H3/b19-10-. The fraction of sp³-hybridized carbons (Fsp3) is 0.200. The number of nitrogens with zero attached hydrogens (tertiary/aromatic N) is 1. The third-order valence-corrected chi connectivity index (χ3v) is 5.36. The Labute approximate surface area is 160 Å². The summed E-state index contributed by atoms with van der Waals surface area (Å²) in [5.74, 6) is 0.260. The lowest BCUT2D eigenvalue weighted by molar-refractivity contribution is -0.384. The van der Waals surface area contributed by atoms with Crippen molar-refractivity contribution in [3.05, 3.63) is 68.2 Å². The number of hydrogen-bond acceptors (Lipinski definition) is 6. The predicted octanol–water partition coefficient (Wildman–Crippen LogP) is 4.93. The van der Waals surface area contributed by atoms with Crippen LogP contribution in [0.4, 0.5) is 5.69 Å². The monoisotopic (exact) mass is 383 g/mol. The molecule has 1 aliphatic heterocycles. The Morgan fingerprint density at radius 3 is 2.78 bits per heavy atom. The fourth-order valence-electron chi connectivity index (χ4n) is 2.87. The molecule has 0 spiro atoms. The lowest BCUT2D eigenvalue weighted by atomic mass is 9.98. The van der Waals surface area contributed by atoms with Gasteiger partial charge in [-0.15, -0.1) is 0 Å². The van der Waals surface area contributed by atoms with Crippen LogP contribution in [0.1, 0.15) is 24.7 Å². The molecule has 1 atom stereocenters. The highest BCUT2D eigenvalue weighted by Crippen LogP contribution is 2.44. The van der Waals surface area contributed by atoms with E-state index in [0.717, 1.165) is 5.56 Å². The second kappa shape index (κ2) is 7.36. The Balaban J connectivity index is 1.89. The van der Waals surface area contributed by atoms with E-state index in [1.807, 2.05) is 6.92 Å². The van der Waals surface area contributed by atoms with Crippen molar-refractivity contribution in [2.24, 2.45) is 5.92 Å². The molecule has 1 saturated heterocycles. The minimum atomic E-state index is -0.493. The average molecular weight is 383 g/mol. The highest BCUT2D eigenvalue weighted by atomic mass is 32.2. The SMILES string of the molecule is C=C1S/C(=C\c2ccc(-c3cc([N+](=O)[O-])ccc3C)o2)C(=O)C1CC(C)=O. The molecule has 2 aromatic rings. The first kappa shape index (κ1) is 18.8. The third-order valence-electron chi connectivity index (χ3n) is 4.28. The number of ketones is 2. The van der Waals surface area contributed by atoms with Crippen molar-refractivity contribution >= 4 is 35.1 Å². The van der Waals surface area contributed by atoms with E-state index < -0.39 is 10.8 Å². The van der Waals surface area contributed by atoms with E-state index in [4.69, 9.17) is 4.42 Å². The van der Waals surface area contributed by atoms with Gasteiger partial charge in [0.15, 0.2) is 5.78 Å². The summed E-state index contributed by atoms with van der Waals surface area (Å²) >= 11 is 1.25. The van der Waals surface area contributed by atoms with E-state index in [0.29, 0.717) is 26.9 Å². The Morgan fingerprint density at radius 1 is 1.37 bits per heavy atom. The molecular weight excluding hydrogens is 366 g/mol. The molecule has 0 bridgehead atoms. The van der Waals surface area contributed by atoms with E-state index >= 15 is 0 Å². The summed E-state index contributed by atoms with van der Waals surface area (Å²) in [5.41, 5.74) is 1.45. The Morgan fingerprint density at radius 2 is 2.11 bits per heavy atom. The minimum Gasteiger partial charge on any atom is -0.457 e. The average Bonchev–Trinajstić information content (AvgIpc) is 3.15. The number of nitro benzene ring substituents is 1. The molecule has 0 N–H and O–H groups in total. The van der Waals surface area contributed by atoms with Crippen molar-refractivity contribution in [3.63, 3.8) is 0 Å². The first-order chi connectivity index (χ1) is 12.8. The van der Waals surface area contributed by atoms with Gasteiger partial charge in [0.1, 0.15) is 17.3 Å². The first-order valence-corrected chi connectivity index (χ1v) is 9.05. The van der Waals surface area contributed by atoms with Gasteiger partial charge in [0.05, 0.1) is 15.7 Å². The van der Waals surface area contributed by atoms with E-state index in [9.17, 15) is 19.7 Å². The van der Waals surface area contributed by atoms with Crippen LogP contribution in [-0.2, 0) is 9.59 Å². The fourth-order valence-corrected chi connectivity index (χ4v) is 3.90. The van der Waals surface area contributed by atoms with Crippen LogP contribution in [0.5, 0.6) is 0 Å². The van der Waals surface area contributed by atoms with Gasteiger partial charge >= 0.3 is 0 Å². The molecule has 1 unspecified atom stereocenters. The minimum absolute atomic E-state index is 0.0168. The summed E-state index contributed by atoms with van der Waals surface area (Å²) in [4.78, 5) is 35.5. The number of Topliss-reactive ketones (excluding diaryl/α,β-unsaturated/α-hetero) is 2. The van der Waals surface area contributed by atoms with Crippen molar-refractivity contribution in [2.45, 2.75) is 20.3 Å². The lowest BCUT2D eigenvalue weighted by Crippen LogP contribution is -2.12. The van der Waals surface area contributed by atoms with Gasteiger partial charge in [0.25, 0.3) is 5.69 Å². The molecule has 1 aliphatic rings. The van der Waals surface area contributed by atoms with Crippen LogP contribution >= 0.6 is 11.8 Å². The van der Waals surface area contributed by atoms with Crippen molar-refractivity contribution in [2.75, 3.05) is 0 Å². The van der Waals surface area contributed by atoms with Crippen LogP contribution in [0.15, 0.2) is 51.1 Å². The Hall–Kier alpha value is -2.93. The van der Waals surface area contributed by atoms with Gasteiger partial charge in [-0.25, -0.2) is 0 Å². The first-order valence-electron chi connectivity index (χ1n) is 8.23. The zero-order valence-corrected chi connectivity index (χ0v) is 15.7.